The molecule has 2 fully saturated rings. The fourth-order valence-electron chi connectivity index (χ4n) is 3.18. The molecule has 1 aromatic rings. The quantitative estimate of drug-likeness (QED) is 0.704. The van der Waals surface area contributed by atoms with Crippen LogP contribution in [0.25, 0.3) is 0 Å². The summed E-state index contributed by atoms with van der Waals surface area (Å²) in [5.41, 5.74) is 6.69. The van der Waals surface area contributed by atoms with E-state index in [1.807, 2.05) is 0 Å². The first-order valence-corrected chi connectivity index (χ1v) is 9.26. The van der Waals surface area contributed by atoms with Crippen LogP contribution in [0.2, 0.25) is 0 Å². The van der Waals surface area contributed by atoms with Gasteiger partial charge in [0.2, 0.25) is 11.8 Å². The van der Waals surface area contributed by atoms with Crippen LogP contribution in [0.4, 0.5) is 5.69 Å². The van der Waals surface area contributed by atoms with Crippen LogP contribution < -0.4 is 16.4 Å². The molecule has 3 rings (SSSR count). The molecule has 1 aliphatic heterocycles. The van der Waals surface area contributed by atoms with Crippen LogP contribution in [-0.2, 0) is 9.59 Å². The van der Waals surface area contributed by atoms with Crippen LogP contribution in [0.3, 0.4) is 0 Å². The van der Waals surface area contributed by atoms with E-state index in [0.717, 1.165) is 25.7 Å². The maximum absolute atomic E-state index is 12.7. The second-order valence-corrected chi connectivity index (χ2v) is 7.01. The molecule has 1 atom stereocenters. The fourth-order valence-corrected chi connectivity index (χ4v) is 3.18. The number of rotatable bonds is 6. The Morgan fingerprint density at radius 1 is 1.04 bits per heavy atom. The van der Waals surface area contributed by atoms with Gasteiger partial charge in [0, 0.05) is 43.3 Å². The monoisotopic (exact) mass is 358 g/mol. The van der Waals surface area contributed by atoms with Gasteiger partial charge in [-0.15, -0.1) is 0 Å². The van der Waals surface area contributed by atoms with Gasteiger partial charge in [-0.1, -0.05) is 0 Å². The minimum absolute atomic E-state index is 0.0360. The number of nitrogens with two attached hydrogens (primary N) is 1. The number of carbonyl (C=O) groups excluding carboxylic acids is 3. The second-order valence-electron chi connectivity index (χ2n) is 7.01. The van der Waals surface area contributed by atoms with Crippen LogP contribution in [0, 0.1) is 11.8 Å². The van der Waals surface area contributed by atoms with Crippen molar-refractivity contribution < 1.29 is 14.4 Å². The molecule has 0 bridgehead atoms. The summed E-state index contributed by atoms with van der Waals surface area (Å²) in [5, 5.41) is 5.66. The van der Waals surface area contributed by atoms with Gasteiger partial charge in [0.05, 0.1) is 5.92 Å². The van der Waals surface area contributed by atoms with E-state index in [1.165, 1.54) is 0 Å². The van der Waals surface area contributed by atoms with Crippen LogP contribution in [0.5, 0.6) is 0 Å². The molecule has 1 saturated carbocycles. The SMILES string of the molecule is NCCNC(=O)C1CCCN(C(=O)c2ccc(NC(=O)C3CC3)cc2)C1. The predicted molar refractivity (Wildman–Crippen MR) is 98.5 cm³/mol. The average Bonchev–Trinajstić information content (AvgIpc) is 3.51. The Morgan fingerprint density at radius 2 is 1.77 bits per heavy atom. The maximum Gasteiger partial charge on any atom is 0.253 e. The number of nitrogens with one attached hydrogen (secondary N) is 2. The standard InChI is InChI=1S/C19H26N4O3/c20-9-10-21-17(24)15-2-1-11-23(12-15)19(26)14-5-7-16(8-6-14)22-18(25)13-3-4-13/h5-8,13,15H,1-4,9-12,20H2,(H,21,24)(H,22,25). The number of hydrogen-bond acceptors (Lipinski definition) is 4. The number of anilines is 1. The van der Waals surface area contributed by atoms with Crippen molar-refractivity contribution in [1.29, 1.82) is 0 Å². The van der Waals surface area contributed by atoms with Gasteiger partial charge in [0.25, 0.3) is 5.91 Å². The van der Waals surface area contributed by atoms with Gasteiger partial charge in [-0.05, 0) is 49.9 Å². The lowest BCUT2D eigenvalue weighted by Crippen LogP contribution is -2.46. The summed E-state index contributed by atoms with van der Waals surface area (Å²) < 4.78 is 0. The summed E-state index contributed by atoms with van der Waals surface area (Å²) in [5.74, 6) is -0.109. The average molecular weight is 358 g/mol. The van der Waals surface area contributed by atoms with Crippen LogP contribution >= 0.6 is 0 Å². The molecule has 4 N–H and O–H groups in total. The van der Waals surface area contributed by atoms with E-state index in [-0.39, 0.29) is 29.6 Å². The highest BCUT2D eigenvalue weighted by Gasteiger charge is 2.30. The zero-order chi connectivity index (χ0) is 18.5. The van der Waals surface area contributed by atoms with E-state index in [2.05, 4.69) is 10.6 Å². The van der Waals surface area contributed by atoms with Crippen LogP contribution in [-0.4, -0.2) is 48.8 Å². The lowest BCUT2D eigenvalue weighted by molar-refractivity contribution is -0.126. The van der Waals surface area contributed by atoms with Crippen molar-refractivity contribution in [3.05, 3.63) is 29.8 Å². The van der Waals surface area contributed by atoms with Crippen molar-refractivity contribution in [2.24, 2.45) is 17.6 Å². The zero-order valence-electron chi connectivity index (χ0n) is 14.9. The highest BCUT2D eigenvalue weighted by molar-refractivity contribution is 5.97. The molecule has 3 amide bonds. The summed E-state index contributed by atoms with van der Waals surface area (Å²) in [7, 11) is 0. The molecule has 1 aliphatic carbocycles. The summed E-state index contributed by atoms with van der Waals surface area (Å²) in [6, 6.07) is 6.96. The molecule has 26 heavy (non-hydrogen) atoms. The maximum atomic E-state index is 12.7. The molecule has 0 spiro atoms. The molecule has 1 saturated heterocycles. The third-order valence-corrected chi connectivity index (χ3v) is 4.87. The first-order chi connectivity index (χ1) is 12.6. The Kier molecular flexibility index (Phi) is 5.88. The van der Waals surface area contributed by atoms with E-state index in [0.29, 0.717) is 37.4 Å². The first kappa shape index (κ1) is 18.4. The van der Waals surface area contributed by atoms with E-state index in [9.17, 15) is 14.4 Å². The predicted octanol–water partition coefficient (Wildman–Crippen LogP) is 0.962. The molecule has 0 radical (unpaired) electrons. The number of piperidine rings is 1. The van der Waals surface area contributed by atoms with Crippen LogP contribution in [0.1, 0.15) is 36.0 Å². The van der Waals surface area contributed by atoms with E-state index < -0.39 is 0 Å². The van der Waals surface area contributed by atoms with Gasteiger partial charge >= 0.3 is 0 Å². The highest BCUT2D eigenvalue weighted by atomic mass is 16.2. The molecule has 7 heteroatoms. The largest absolute Gasteiger partial charge is 0.355 e. The Morgan fingerprint density at radius 3 is 2.42 bits per heavy atom. The third-order valence-electron chi connectivity index (χ3n) is 4.87. The van der Waals surface area contributed by atoms with Crippen molar-refractivity contribution in [2.45, 2.75) is 25.7 Å². The molecule has 1 aromatic carbocycles. The fraction of sp³-hybridized carbons (Fsp3) is 0.526. The number of hydrogen-bond donors (Lipinski definition) is 3. The number of amides is 3. The summed E-state index contributed by atoms with van der Waals surface area (Å²) in [4.78, 5) is 38.4. The van der Waals surface area contributed by atoms with Crippen molar-refractivity contribution in [1.82, 2.24) is 10.2 Å². The zero-order valence-corrected chi connectivity index (χ0v) is 14.9. The van der Waals surface area contributed by atoms with Crippen molar-refractivity contribution in [2.75, 3.05) is 31.5 Å². The first-order valence-electron chi connectivity index (χ1n) is 9.26. The van der Waals surface area contributed by atoms with Gasteiger partial charge in [0.15, 0.2) is 0 Å². The molecule has 0 aromatic heterocycles. The highest BCUT2D eigenvalue weighted by Crippen LogP contribution is 2.30. The molecule has 1 unspecified atom stereocenters. The number of likely N-dealkylation sites (tertiary alicyclic amines) is 1. The molecule has 1 heterocycles. The summed E-state index contributed by atoms with van der Waals surface area (Å²) >= 11 is 0. The van der Waals surface area contributed by atoms with Gasteiger partial charge < -0.3 is 21.3 Å². The molecule has 2 aliphatic rings. The lowest BCUT2D eigenvalue weighted by Gasteiger charge is -2.32. The second kappa shape index (κ2) is 8.31. The van der Waals surface area contributed by atoms with E-state index >= 15 is 0 Å². The van der Waals surface area contributed by atoms with Gasteiger partial charge in [-0.25, -0.2) is 0 Å². The topological polar surface area (TPSA) is 105 Å². The Labute approximate surface area is 153 Å². The molecule has 7 nitrogen and oxygen atoms in total. The summed E-state index contributed by atoms with van der Waals surface area (Å²) in [6.07, 6.45) is 3.50. The minimum atomic E-state index is -0.184. The van der Waals surface area contributed by atoms with Gasteiger partial charge in [-0.2, -0.15) is 0 Å². The van der Waals surface area contributed by atoms with Crippen molar-refractivity contribution in [3.63, 3.8) is 0 Å². The number of carbonyl (C=O) groups is 3. The van der Waals surface area contributed by atoms with Crippen LogP contribution in [0.15, 0.2) is 24.3 Å². The molecule has 140 valence electrons. The van der Waals surface area contributed by atoms with E-state index in [1.54, 1.807) is 29.2 Å². The minimum Gasteiger partial charge on any atom is -0.355 e. The van der Waals surface area contributed by atoms with Gasteiger partial charge in [0.1, 0.15) is 0 Å². The lowest BCUT2D eigenvalue weighted by atomic mass is 9.96. The third kappa shape index (κ3) is 4.60. The Bertz CT molecular complexity index is 670. The normalized spacial score (nSPS) is 19.7. The molecular weight excluding hydrogens is 332 g/mol. The van der Waals surface area contributed by atoms with Crippen molar-refractivity contribution >= 4 is 23.4 Å². The van der Waals surface area contributed by atoms with E-state index in [4.69, 9.17) is 5.73 Å². The Hall–Kier alpha value is -2.41. The Balaban J connectivity index is 1.57. The number of benzene rings is 1. The number of nitrogens with zero attached hydrogens (tertiary/aromatic N) is 1. The van der Waals surface area contributed by atoms with Gasteiger partial charge in [-0.3, -0.25) is 14.4 Å². The summed E-state index contributed by atoms with van der Waals surface area (Å²) in [6.45, 7) is 1.94. The smallest absolute Gasteiger partial charge is 0.253 e. The van der Waals surface area contributed by atoms with Crippen molar-refractivity contribution in [3.8, 4) is 0 Å². The molecular formula is C19H26N4O3.